The lowest BCUT2D eigenvalue weighted by molar-refractivity contribution is 0.113. The molecule has 0 radical (unpaired) electrons. The van der Waals surface area contributed by atoms with Crippen LogP contribution in [0.5, 0.6) is 34.5 Å². The van der Waals surface area contributed by atoms with Gasteiger partial charge >= 0.3 is 0 Å². The highest BCUT2D eigenvalue weighted by Gasteiger charge is 2.48. The molecule has 0 bridgehead atoms. The number of fused-ring (bicyclic) bond motifs is 1. The first-order valence-corrected chi connectivity index (χ1v) is 10.2. The number of phenolic OH excluding ortho intramolecular Hbond substituents is 2. The fourth-order valence-electron chi connectivity index (χ4n) is 3.76. The summed E-state index contributed by atoms with van der Waals surface area (Å²) in [7, 11) is 5.84. The number of hydrogen-bond donors (Lipinski definition) is 4. The fraction of sp³-hybridized carbons (Fsp3) is 0.300. The van der Waals surface area contributed by atoms with Crippen molar-refractivity contribution in [2.24, 2.45) is 0 Å². The average molecular weight is 479 g/mol. The van der Waals surface area contributed by atoms with Gasteiger partial charge < -0.3 is 39.8 Å². The molecule has 10 nitrogen and oxygen atoms in total. The fourth-order valence-corrected chi connectivity index (χ4v) is 4.37. The zero-order chi connectivity index (χ0) is 23.2. The van der Waals surface area contributed by atoms with E-state index in [4.69, 9.17) is 43.4 Å². The summed E-state index contributed by atoms with van der Waals surface area (Å²) in [6.07, 6.45) is -0.950. The minimum atomic E-state index is -0.475. The Kier molecular flexibility index (Phi) is 5.65. The monoisotopic (exact) mass is 478 g/mol. The van der Waals surface area contributed by atoms with Crippen LogP contribution in [0.3, 0.4) is 0 Å². The number of rotatable bonds is 6. The van der Waals surface area contributed by atoms with Gasteiger partial charge in [0.1, 0.15) is 12.3 Å². The maximum absolute atomic E-state index is 10.3. The summed E-state index contributed by atoms with van der Waals surface area (Å²) < 4.78 is 21.1. The summed E-state index contributed by atoms with van der Waals surface area (Å²) in [5, 5.41) is 31.4. The second-order valence-corrected chi connectivity index (χ2v) is 7.71. The van der Waals surface area contributed by atoms with Gasteiger partial charge in [0.15, 0.2) is 33.2 Å². The van der Waals surface area contributed by atoms with E-state index >= 15 is 0 Å². The van der Waals surface area contributed by atoms with E-state index in [9.17, 15) is 10.2 Å². The molecule has 4 N–H and O–H groups in total. The van der Waals surface area contributed by atoms with Crippen LogP contribution < -0.4 is 29.6 Å². The second-order valence-electron chi connectivity index (χ2n) is 6.94. The second kappa shape index (κ2) is 8.28. The van der Waals surface area contributed by atoms with Crippen molar-refractivity contribution in [3.05, 3.63) is 35.4 Å². The average Bonchev–Trinajstić information content (AvgIpc) is 3.32. The first-order valence-electron chi connectivity index (χ1n) is 9.43. The molecular weight excluding hydrogens is 456 g/mol. The molecule has 0 spiro atoms. The van der Waals surface area contributed by atoms with Crippen molar-refractivity contribution in [2.75, 3.05) is 28.4 Å². The van der Waals surface area contributed by atoms with Crippen LogP contribution in [-0.2, 0) is 0 Å². The molecule has 2 fully saturated rings. The number of ether oxygens (including phenoxy) is 4. The predicted octanol–water partition coefficient (Wildman–Crippen LogP) is 2.12. The van der Waals surface area contributed by atoms with E-state index in [1.807, 2.05) is 0 Å². The summed E-state index contributed by atoms with van der Waals surface area (Å²) >= 11 is 11.2. The molecule has 2 heterocycles. The molecule has 170 valence electrons. The number of nitrogens with zero attached hydrogens (tertiary/aromatic N) is 2. The molecule has 32 heavy (non-hydrogen) atoms. The van der Waals surface area contributed by atoms with Crippen molar-refractivity contribution in [2.45, 2.75) is 12.3 Å². The molecular formula is C20H22N4O6S2. The topological polar surface area (TPSA) is 108 Å². The molecule has 12 heteroatoms. The number of methoxy groups -OCH3 is 4. The SMILES string of the molecule is COc1cc([C@@H]2NC(=S)N3[C@H](c4cc(OC)c(O)c(OC)c4)NC(=S)N23)cc(OC)c1O. The third kappa shape index (κ3) is 3.31. The van der Waals surface area contributed by atoms with Crippen LogP contribution in [0.1, 0.15) is 23.5 Å². The molecule has 0 aromatic heterocycles. The molecule has 0 saturated carbocycles. The maximum Gasteiger partial charge on any atom is 0.200 e. The van der Waals surface area contributed by atoms with Crippen LogP contribution in [0, 0.1) is 0 Å². The van der Waals surface area contributed by atoms with Gasteiger partial charge in [0.05, 0.1) is 28.4 Å². The van der Waals surface area contributed by atoms with Gasteiger partial charge in [-0.2, -0.15) is 0 Å². The summed E-state index contributed by atoms with van der Waals surface area (Å²) in [5.74, 6) is 0.835. The first kappa shape index (κ1) is 21.8. The van der Waals surface area contributed by atoms with Crippen LogP contribution >= 0.6 is 24.4 Å². The van der Waals surface area contributed by atoms with E-state index in [0.717, 1.165) is 0 Å². The quantitative estimate of drug-likeness (QED) is 0.457. The predicted molar refractivity (Wildman–Crippen MR) is 123 cm³/mol. The van der Waals surface area contributed by atoms with Crippen molar-refractivity contribution >= 4 is 34.7 Å². The molecule has 2 aliphatic rings. The third-order valence-electron chi connectivity index (χ3n) is 5.29. The standard InChI is InChI=1S/C20H22N4O6S2/c1-27-11-5-9(6-12(28-2)15(11)25)17-21-19(31)24-18(22-20(32)23(17)24)10-7-13(29-3)16(26)14(8-10)30-4/h5-8,17-18,25-26H,1-4H3,(H,21,31)(H,22,32)/t17-,18-/m1/s1. The van der Waals surface area contributed by atoms with Crippen LogP contribution in [-0.4, -0.2) is 58.9 Å². The third-order valence-corrected chi connectivity index (χ3v) is 5.90. The minimum Gasteiger partial charge on any atom is -0.502 e. The van der Waals surface area contributed by atoms with Crippen molar-refractivity contribution < 1.29 is 29.2 Å². The number of phenols is 2. The zero-order valence-corrected chi connectivity index (χ0v) is 19.3. The molecule has 2 aliphatic heterocycles. The van der Waals surface area contributed by atoms with Crippen molar-refractivity contribution in [3.8, 4) is 34.5 Å². The van der Waals surface area contributed by atoms with Gasteiger partial charge in [0.25, 0.3) is 0 Å². The van der Waals surface area contributed by atoms with Crippen molar-refractivity contribution in [1.29, 1.82) is 0 Å². The highest BCUT2D eigenvalue weighted by atomic mass is 32.1. The van der Waals surface area contributed by atoms with Crippen LogP contribution in [0.4, 0.5) is 0 Å². The number of benzene rings is 2. The molecule has 4 rings (SSSR count). The Morgan fingerprint density at radius 3 is 1.19 bits per heavy atom. The van der Waals surface area contributed by atoms with Crippen LogP contribution in [0.15, 0.2) is 24.3 Å². The van der Waals surface area contributed by atoms with Gasteiger partial charge in [0.2, 0.25) is 11.5 Å². The Labute approximate surface area is 195 Å². The van der Waals surface area contributed by atoms with E-state index in [1.165, 1.54) is 28.4 Å². The summed E-state index contributed by atoms with van der Waals surface area (Å²) in [5.41, 5.74) is 1.43. The van der Waals surface area contributed by atoms with Gasteiger partial charge in [-0.25, -0.2) is 10.0 Å². The zero-order valence-electron chi connectivity index (χ0n) is 17.7. The van der Waals surface area contributed by atoms with Gasteiger partial charge in [-0.05, 0) is 48.7 Å². The van der Waals surface area contributed by atoms with E-state index in [0.29, 0.717) is 21.4 Å². The largest absolute Gasteiger partial charge is 0.502 e. The van der Waals surface area contributed by atoms with Crippen molar-refractivity contribution in [1.82, 2.24) is 20.7 Å². The van der Waals surface area contributed by atoms with Gasteiger partial charge in [0, 0.05) is 11.1 Å². The summed E-state index contributed by atoms with van der Waals surface area (Å²) in [6, 6.07) is 6.74. The molecule has 2 aromatic carbocycles. The Morgan fingerprint density at radius 2 is 0.938 bits per heavy atom. The maximum atomic E-state index is 10.3. The van der Waals surface area contributed by atoms with Crippen molar-refractivity contribution in [3.63, 3.8) is 0 Å². The van der Waals surface area contributed by atoms with E-state index in [-0.39, 0.29) is 34.5 Å². The number of nitrogens with one attached hydrogen (secondary N) is 2. The van der Waals surface area contributed by atoms with E-state index in [1.54, 1.807) is 34.3 Å². The molecule has 0 amide bonds. The van der Waals surface area contributed by atoms with Gasteiger partial charge in [-0.15, -0.1) is 0 Å². The van der Waals surface area contributed by atoms with Crippen LogP contribution in [0.25, 0.3) is 0 Å². The normalized spacial score (nSPS) is 19.4. The molecule has 0 aliphatic carbocycles. The Balaban J connectivity index is 1.74. The Bertz CT molecular complexity index is 962. The van der Waals surface area contributed by atoms with Crippen LogP contribution in [0.2, 0.25) is 0 Å². The smallest absolute Gasteiger partial charge is 0.200 e. The van der Waals surface area contributed by atoms with E-state index < -0.39 is 12.3 Å². The lowest BCUT2D eigenvalue weighted by Crippen LogP contribution is -2.36. The first-order chi connectivity index (χ1) is 15.3. The molecule has 2 saturated heterocycles. The number of thiocarbonyl (C=S) groups is 2. The number of hydrogen-bond acceptors (Lipinski definition) is 8. The van der Waals surface area contributed by atoms with E-state index in [2.05, 4.69) is 10.6 Å². The molecule has 2 aromatic rings. The molecule has 0 unspecified atom stereocenters. The lowest BCUT2D eigenvalue weighted by Gasteiger charge is -2.27. The Morgan fingerprint density at radius 1 is 0.656 bits per heavy atom. The van der Waals surface area contributed by atoms with Gasteiger partial charge in [-0.3, -0.25) is 0 Å². The lowest BCUT2D eigenvalue weighted by atomic mass is 10.1. The highest BCUT2D eigenvalue weighted by molar-refractivity contribution is 7.80. The number of aromatic hydroxyl groups is 2. The number of hydrazine groups is 1. The molecule has 2 atom stereocenters. The highest BCUT2D eigenvalue weighted by Crippen LogP contribution is 2.45. The summed E-state index contributed by atoms with van der Waals surface area (Å²) in [4.78, 5) is 0. The summed E-state index contributed by atoms with van der Waals surface area (Å²) in [6.45, 7) is 0. The Hall–Kier alpha value is -3.38. The minimum absolute atomic E-state index is 0.0977. The van der Waals surface area contributed by atoms with Gasteiger partial charge in [-0.1, -0.05) is 0 Å².